The second-order valence-corrected chi connectivity index (χ2v) is 8.03. The highest BCUT2D eigenvalue weighted by molar-refractivity contribution is 6.31. The van der Waals surface area contributed by atoms with Crippen LogP contribution in [0.5, 0.6) is 0 Å². The highest BCUT2D eigenvalue weighted by Crippen LogP contribution is 2.32. The molecule has 2 N–H and O–H groups in total. The van der Waals surface area contributed by atoms with Crippen LogP contribution in [0.25, 0.3) is 39.1 Å². The van der Waals surface area contributed by atoms with Crippen LogP contribution in [0.3, 0.4) is 0 Å². The third kappa shape index (κ3) is 3.63. The molecule has 3 aromatic carbocycles. The highest BCUT2D eigenvalue weighted by Gasteiger charge is 2.19. The zero-order valence-corrected chi connectivity index (χ0v) is 17.9. The first kappa shape index (κ1) is 20.0. The number of H-pyrrole nitrogens is 2. The summed E-state index contributed by atoms with van der Waals surface area (Å²) in [7, 11) is 0. The molecule has 2 aromatic heterocycles. The normalized spacial score (nSPS) is 11.6. The molecule has 2 heterocycles. The number of carbonyl (C=O) groups excluding carboxylic acids is 1. The lowest BCUT2D eigenvalue weighted by Crippen LogP contribution is -2.18. The maximum absolute atomic E-state index is 13.3. The Bertz CT molecular complexity index is 1540. The highest BCUT2D eigenvalue weighted by atomic mass is 35.5. The van der Waals surface area contributed by atoms with Crippen LogP contribution in [-0.4, -0.2) is 20.7 Å². The lowest BCUT2D eigenvalue weighted by Gasteiger charge is -2.12. The van der Waals surface area contributed by atoms with E-state index in [2.05, 4.69) is 15.0 Å². The van der Waals surface area contributed by atoms with E-state index >= 15 is 0 Å². The Morgan fingerprint density at radius 1 is 0.969 bits per heavy atom. The largest absolute Gasteiger partial charge is 0.338 e. The number of benzene rings is 3. The lowest BCUT2D eigenvalue weighted by molar-refractivity contribution is 0.104. The van der Waals surface area contributed by atoms with E-state index in [1.807, 2.05) is 55.5 Å². The average molecular weight is 440 g/mol. The van der Waals surface area contributed by atoms with Crippen LogP contribution in [0.1, 0.15) is 21.7 Å². The molecule has 0 spiro atoms. The lowest BCUT2D eigenvalue weighted by atomic mass is 9.93. The average Bonchev–Trinajstić information content (AvgIpc) is 3.21. The Hall–Kier alpha value is -3.96. The van der Waals surface area contributed by atoms with Gasteiger partial charge >= 0.3 is 0 Å². The van der Waals surface area contributed by atoms with Gasteiger partial charge in [-0.3, -0.25) is 9.59 Å². The van der Waals surface area contributed by atoms with Crippen molar-refractivity contribution in [2.45, 2.75) is 6.92 Å². The van der Waals surface area contributed by atoms with Crippen molar-refractivity contribution in [2.24, 2.45) is 0 Å². The maximum atomic E-state index is 13.3. The minimum atomic E-state index is -0.449. The van der Waals surface area contributed by atoms with Crippen LogP contribution in [0.2, 0.25) is 5.02 Å². The second-order valence-electron chi connectivity index (χ2n) is 7.60. The summed E-state index contributed by atoms with van der Waals surface area (Å²) in [6.45, 7) is 1.98. The molecule has 0 fully saturated rings. The molecule has 0 unspecified atom stereocenters. The minimum absolute atomic E-state index is 0.0657. The molecule has 0 aliphatic carbocycles. The van der Waals surface area contributed by atoms with Gasteiger partial charge in [0.05, 0.1) is 16.6 Å². The van der Waals surface area contributed by atoms with Crippen molar-refractivity contribution < 1.29 is 4.79 Å². The number of allylic oxidation sites excluding steroid dienone is 1. The molecular formula is C26H18ClN3O2. The third-order valence-corrected chi connectivity index (χ3v) is 5.60. The minimum Gasteiger partial charge on any atom is -0.338 e. The van der Waals surface area contributed by atoms with Crippen LogP contribution >= 0.6 is 11.6 Å². The molecule has 156 valence electrons. The Balaban J connectivity index is 1.67. The van der Waals surface area contributed by atoms with Crippen LogP contribution in [-0.2, 0) is 0 Å². The molecule has 0 bridgehead atoms. The number of aromatic nitrogens is 3. The van der Waals surface area contributed by atoms with Gasteiger partial charge in [0.15, 0.2) is 5.78 Å². The zero-order valence-electron chi connectivity index (χ0n) is 17.1. The van der Waals surface area contributed by atoms with Gasteiger partial charge in [0.25, 0.3) is 5.56 Å². The van der Waals surface area contributed by atoms with E-state index in [1.165, 1.54) is 6.08 Å². The number of halogens is 1. The number of para-hydroxylation sites is 2. The number of nitrogens with one attached hydrogen (secondary N) is 2. The summed E-state index contributed by atoms with van der Waals surface area (Å²) in [6, 6.07) is 20.5. The number of ketones is 1. The molecule has 32 heavy (non-hydrogen) atoms. The second kappa shape index (κ2) is 7.94. The van der Waals surface area contributed by atoms with E-state index in [9.17, 15) is 9.59 Å². The number of pyridine rings is 1. The summed E-state index contributed by atoms with van der Waals surface area (Å²) < 4.78 is 0. The summed E-state index contributed by atoms with van der Waals surface area (Å²) in [6.07, 6.45) is 2.96. The Morgan fingerprint density at radius 2 is 1.75 bits per heavy atom. The van der Waals surface area contributed by atoms with E-state index < -0.39 is 11.3 Å². The van der Waals surface area contributed by atoms with E-state index in [-0.39, 0.29) is 5.56 Å². The number of rotatable bonds is 4. The van der Waals surface area contributed by atoms with Gasteiger partial charge in [0, 0.05) is 21.5 Å². The molecule has 0 saturated carbocycles. The summed E-state index contributed by atoms with van der Waals surface area (Å²) in [5, 5.41) is 1.23. The topological polar surface area (TPSA) is 78.6 Å². The molecule has 0 amide bonds. The van der Waals surface area contributed by atoms with Gasteiger partial charge in [-0.05, 0) is 55.0 Å². The molecule has 5 nitrogen and oxygen atoms in total. The molecule has 5 aromatic rings. The van der Waals surface area contributed by atoms with Gasteiger partial charge in [0.1, 0.15) is 5.82 Å². The first-order valence-electron chi connectivity index (χ1n) is 10.1. The zero-order chi connectivity index (χ0) is 22.2. The van der Waals surface area contributed by atoms with Crippen molar-refractivity contribution in [1.82, 2.24) is 15.0 Å². The van der Waals surface area contributed by atoms with Crippen LogP contribution in [0.4, 0.5) is 0 Å². The Morgan fingerprint density at radius 3 is 2.53 bits per heavy atom. The van der Waals surface area contributed by atoms with E-state index in [4.69, 9.17) is 11.6 Å². The van der Waals surface area contributed by atoms with E-state index in [0.717, 1.165) is 22.2 Å². The fourth-order valence-corrected chi connectivity index (χ4v) is 3.98. The van der Waals surface area contributed by atoms with Crippen LogP contribution < -0.4 is 5.56 Å². The SMILES string of the molecule is Cc1ccc(-c2c(C(=O)C=Cc3nc4ccccc4[nH]3)c(=O)[nH]c3ccc(Cl)cc23)cc1. The summed E-state index contributed by atoms with van der Waals surface area (Å²) >= 11 is 6.25. The van der Waals surface area contributed by atoms with Gasteiger partial charge in [-0.1, -0.05) is 53.6 Å². The number of hydrogen-bond donors (Lipinski definition) is 2. The van der Waals surface area contributed by atoms with Crippen molar-refractivity contribution >= 4 is 45.4 Å². The standard InChI is InChI=1S/C26H18ClN3O2/c1-15-6-8-16(9-7-15)24-18-14-17(27)10-11-19(18)30-26(32)25(24)22(31)12-13-23-28-20-4-2-3-5-21(20)29-23/h2-14H,1H3,(H,28,29)(H,30,32). The van der Waals surface area contributed by atoms with Crippen molar-refractivity contribution in [3.8, 4) is 11.1 Å². The molecule has 6 heteroatoms. The van der Waals surface area contributed by atoms with E-state index in [0.29, 0.717) is 27.3 Å². The number of hydrogen-bond acceptors (Lipinski definition) is 3. The van der Waals surface area contributed by atoms with Gasteiger partial charge in [0.2, 0.25) is 0 Å². The predicted molar refractivity (Wildman–Crippen MR) is 129 cm³/mol. The molecule has 0 aliphatic rings. The number of fused-ring (bicyclic) bond motifs is 2. The van der Waals surface area contributed by atoms with Gasteiger partial charge in [-0.15, -0.1) is 0 Å². The van der Waals surface area contributed by atoms with Gasteiger partial charge in [-0.2, -0.15) is 0 Å². The summed E-state index contributed by atoms with van der Waals surface area (Å²) in [5.74, 6) is 0.126. The van der Waals surface area contributed by atoms with Crippen molar-refractivity contribution in [1.29, 1.82) is 0 Å². The Kier molecular flexibility index (Phi) is 4.96. The Labute approximate surface area is 188 Å². The molecule has 0 aliphatic heterocycles. The van der Waals surface area contributed by atoms with E-state index in [1.54, 1.807) is 24.3 Å². The van der Waals surface area contributed by atoms with Gasteiger partial charge in [-0.25, -0.2) is 4.98 Å². The van der Waals surface area contributed by atoms with Crippen molar-refractivity contribution in [2.75, 3.05) is 0 Å². The molecule has 0 saturated heterocycles. The molecule has 5 rings (SSSR count). The summed E-state index contributed by atoms with van der Waals surface area (Å²) in [4.78, 5) is 36.7. The number of aryl methyl sites for hydroxylation is 1. The van der Waals surface area contributed by atoms with Crippen molar-refractivity contribution in [3.63, 3.8) is 0 Å². The smallest absolute Gasteiger partial charge is 0.260 e. The van der Waals surface area contributed by atoms with Crippen LogP contribution in [0, 0.1) is 6.92 Å². The molecular weight excluding hydrogens is 422 g/mol. The first-order chi connectivity index (χ1) is 15.5. The van der Waals surface area contributed by atoms with Gasteiger partial charge < -0.3 is 9.97 Å². The third-order valence-electron chi connectivity index (χ3n) is 5.36. The monoisotopic (exact) mass is 439 g/mol. The van der Waals surface area contributed by atoms with Crippen molar-refractivity contribution in [3.05, 3.63) is 105 Å². The fourth-order valence-electron chi connectivity index (χ4n) is 3.81. The van der Waals surface area contributed by atoms with Crippen LogP contribution in [0.15, 0.2) is 77.6 Å². The number of nitrogens with zero attached hydrogens (tertiary/aromatic N) is 1. The fraction of sp³-hybridized carbons (Fsp3) is 0.0385. The molecule has 0 radical (unpaired) electrons. The number of imidazole rings is 1. The predicted octanol–water partition coefficient (Wildman–Crippen LogP) is 5.93. The number of aromatic amines is 2. The number of carbonyl (C=O) groups is 1. The quantitative estimate of drug-likeness (QED) is 0.269. The molecule has 0 atom stereocenters. The first-order valence-corrected chi connectivity index (χ1v) is 10.5. The maximum Gasteiger partial charge on any atom is 0.260 e. The summed E-state index contributed by atoms with van der Waals surface area (Å²) in [5.41, 5.74) is 4.33.